The fraction of sp³-hybridized carbons (Fsp3) is 0.379. The summed E-state index contributed by atoms with van der Waals surface area (Å²) in [5, 5.41) is 3.71. The van der Waals surface area contributed by atoms with Gasteiger partial charge in [0.15, 0.2) is 0 Å². The van der Waals surface area contributed by atoms with Crippen LogP contribution < -0.4 is 0 Å². The number of hydrogen-bond donors (Lipinski definition) is 0. The minimum Gasteiger partial charge on any atom is -0.233 e. The van der Waals surface area contributed by atoms with Gasteiger partial charge in [-0.15, -0.1) is 0 Å². The second kappa shape index (κ2) is 8.42. The van der Waals surface area contributed by atoms with E-state index in [2.05, 4.69) is 68.4 Å². The van der Waals surface area contributed by atoms with Crippen LogP contribution in [0.4, 0.5) is 0 Å². The summed E-state index contributed by atoms with van der Waals surface area (Å²) >= 11 is 0. The first-order valence-electron chi connectivity index (χ1n) is 11.9. The van der Waals surface area contributed by atoms with Crippen LogP contribution in [-0.2, 0) is 6.42 Å². The Kier molecular flexibility index (Phi) is 5.48. The largest absolute Gasteiger partial charge is 0.233 e. The quantitative estimate of drug-likeness (QED) is 0.320. The van der Waals surface area contributed by atoms with Crippen LogP contribution in [-0.4, -0.2) is 9.97 Å². The van der Waals surface area contributed by atoms with Gasteiger partial charge < -0.3 is 0 Å². The van der Waals surface area contributed by atoms with E-state index in [9.17, 15) is 0 Å². The second-order valence-electron chi connectivity index (χ2n) is 9.65. The Morgan fingerprint density at radius 1 is 0.871 bits per heavy atom. The zero-order valence-electron chi connectivity index (χ0n) is 19.0. The highest BCUT2D eigenvalue weighted by Crippen LogP contribution is 2.36. The van der Waals surface area contributed by atoms with Crippen molar-refractivity contribution in [1.82, 2.24) is 9.97 Å². The molecular weight excluding hydrogens is 376 g/mol. The van der Waals surface area contributed by atoms with E-state index >= 15 is 0 Å². The van der Waals surface area contributed by atoms with Gasteiger partial charge in [-0.1, -0.05) is 81.6 Å². The van der Waals surface area contributed by atoms with Gasteiger partial charge in [0, 0.05) is 16.3 Å². The molecule has 3 aromatic carbocycles. The number of nitrogens with zero attached hydrogens (tertiary/aromatic N) is 2. The summed E-state index contributed by atoms with van der Waals surface area (Å²) in [6.07, 6.45) is 7.86. The maximum absolute atomic E-state index is 4.94. The predicted octanol–water partition coefficient (Wildman–Crippen LogP) is 8.00. The van der Waals surface area contributed by atoms with Crippen molar-refractivity contribution in [3.8, 4) is 11.3 Å². The molecule has 0 amide bonds. The summed E-state index contributed by atoms with van der Waals surface area (Å²) in [6, 6.07) is 20.3. The number of benzene rings is 3. The molecule has 2 heteroatoms. The number of fused-ring (bicyclic) bond motifs is 3. The molecular formula is C29H32N2. The third-order valence-electron chi connectivity index (χ3n) is 6.80. The van der Waals surface area contributed by atoms with Gasteiger partial charge in [-0.05, 0) is 60.6 Å². The maximum Gasteiger partial charge on any atom is 0.126 e. The molecule has 1 aliphatic rings. The average Bonchev–Trinajstić information content (AvgIpc) is 2.79. The second-order valence-corrected chi connectivity index (χ2v) is 9.65. The Bertz CT molecular complexity index is 1220. The average molecular weight is 409 g/mol. The van der Waals surface area contributed by atoms with Gasteiger partial charge in [-0.2, -0.15) is 0 Å². The van der Waals surface area contributed by atoms with Crippen LogP contribution in [0.2, 0.25) is 0 Å². The van der Waals surface area contributed by atoms with E-state index in [-0.39, 0.29) is 0 Å². The third-order valence-corrected chi connectivity index (χ3v) is 6.80. The standard InChI is InChI=1S/C29H32N2/c1-19(2)18-25-11-7-10-23-16-17-26-28(30-20(3)31-29(26)27(23)25)24-14-12-22(13-15-24)21-8-5-4-6-9-21/h7,10-17,19,21H,4-6,8-9,18H2,1-3H3. The topological polar surface area (TPSA) is 25.8 Å². The number of rotatable bonds is 4. The molecule has 31 heavy (non-hydrogen) atoms. The van der Waals surface area contributed by atoms with Crippen molar-refractivity contribution in [2.75, 3.05) is 0 Å². The highest BCUT2D eigenvalue weighted by Gasteiger charge is 2.17. The predicted molar refractivity (Wildman–Crippen MR) is 132 cm³/mol. The van der Waals surface area contributed by atoms with Crippen molar-refractivity contribution in [2.45, 2.75) is 65.2 Å². The molecule has 1 aliphatic carbocycles. The van der Waals surface area contributed by atoms with Crippen LogP contribution in [0.3, 0.4) is 0 Å². The first-order valence-corrected chi connectivity index (χ1v) is 11.9. The van der Waals surface area contributed by atoms with E-state index in [1.807, 2.05) is 6.92 Å². The van der Waals surface area contributed by atoms with Gasteiger partial charge in [-0.3, -0.25) is 0 Å². The lowest BCUT2D eigenvalue weighted by molar-refractivity contribution is 0.443. The lowest BCUT2D eigenvalue weighted by Gasteiger charge is -2.22. The molecule has 4 aromatic rings. The summed E-state index contributed by atoms with van der Waals surface area (Å²) in [6.45, 7) is 6.58. The van der Waals surface area contributed by atoms with Crippen LogP contribution in [0.5, 0.6) is 0 Å². The van der Waals surface area contributed by atoms with E-state index in [4.69, 9.17) is 9.97 Å². The van der Waals surface area contributed by atoms with Crippen molar-refractivity contribution >= 4 is 21.7 Å². The first kappa shape index (κ1) is 20.2. The smallest absolute Gasteiger partial charge is 0.126 e. The van der Waals surface area contributed by atoms with Crippen molar-refractivity contribution in [1.29, 1.82) is 0 Å². The van der Waals surface area contributed by atoms with E-state index in [1.165, 1.54) is 59.6 Å². The van der Waals surface area contributed by atoms with Crippen molar-refractivity contribution < 1.29 is 0 Å². The number of aromatic nitrogens is 2. The van der Waals surface area contributed by atoms with Gasteiger partial charge in [0.05, 0.1) is 11.2 Å². The molecule has 1 saturated carbocycles. The normalized spacial score (nSPS) is 15.2. The molecule has 1 fully saturated rings. The molecule has 1 aromatic heterocycles. The SMILES string of the molecule is Cc1nc(-c2ccc(C3CCCCC3)cc2)c2ccc3cccc(CC(C)C)c3c2n1. The van der Waals surface area contributed by atoms with E-state index in [1.54, 1.807) is 0 Å². The monoisotopic (exact) mass is 408 g/mol. The highest BCUT2D eigenvalue weighted by molar-refractivity contribution is 6.10. The Morgan fingerprint density at radius 3 is 2.39 bits per heavy atom. The Hall–Kier alpha value is -2.74. The molecule has 0 atom stereocenters. The first-order chi connectivity index (χ1) is 15.1. The van der Waals surface area contributed by atoms with E-state index < -0.39 is 0 Å². The van der Waals surface area contributed by atoms with Crippen LogP contribution in [0.15, 0.2) is 54.6 Å². The third kappa shape index (κ3) is 3.96. The Balaban J connectivity index is 1.65. The zero-order chi connectivity index (χ0) is 21.4. The molecule has 0 unspecified atom stereocenters. The number of aryl methyl sites for hydroxylation is 1. The van der Waals surface area contributed by atoms with Crippen molar-refractivity contribution in [3.05, 3.63) is 71.5 Å². The van der Waals surface area contributed by atoms with Gasteiger partial charge in [0.2, 0.25) is 0 Å². The van der Waals surface area contributed by atoms with Gasteiger partial charge in [0.25, 0.3) is 0 Å². The zero-order valence-corrected chi connectivity index (χ0v) is 19.0. The van der Waals surface area contributed by atoms with Crippen LogP contribution in [0, 0.1) is 12.8 Å². The van der Waals surface area contributed by atoms with Crippen molar-refractivity contribution in [2.24, 2.45) is 5.92 Å². The molecule has 0 N–H and O–H groups in total. The van der Waals surface area contributed by atoms with Crippen LogP contribution in [0.25, 0.3) is 32.9 Å². The molecule has 1 heterocycles. The minimum atomic E-state index is 0.607. The van der Waals surface area contributed by atoms with Gasteiger partial charge >= 0.3 is 0 Å². The molecule has 0 radical (unpaired) electrons. The maximum atomic E-state index is 4.94. The van der Waals surface area contributed by atoms with Gasteiger partial charge in [0.1, 0.15) is 5.82 Å². The summed E-state index contributed by atoms with van der Waals surface area (Å²) < 4.78 is 0. The molecule has 158 valence electrons. The number of hydrogen-bond acceptors (Lipinski definition) is 2. The van der Waals surface area contributed by atoms with E-state index in [0.717, 1.165) is 34.8 Å². The van der Waals surface area contributed by atoms with Crippen molar-refractivity contribution in [3.63, 3.8) is 0 Å². The van der Waals surface area contributed by atoms with Crippen LogP contribution in [0.1, 0.15) is 68.8 Å². The summed E-state index contributed by atoms with van der Waals surface area (Å²) in [5.74, 6) is 2.18. The Labute approximate surface area is 185 Å². The molecule has 0 aliphatic heterocycles. The van der Waals surface area contributed by atoms with Crippen LogP contribution >= 0.6 is 0 Å². The summed E-state index contributed by atoms with van der Waals surface area (Å²) in [4.78, 5) is 9.84. The lowest BCUT2D eigenvalue weighted by atomic mass is 9.84. The minimum absolute atomic E-state index is 0.607. The fourth-order valence-corrected chi connectivity index (χ4v) is 5.33. The lowest BCUT2D eigenvalue weighted by Crippen LogP contribution is -2.04. The Morgan fingerprint density at radius 2 is 1.65 bits per heavy atom. The molecule has 0 bridgehead atoms. The summed E-state index contributed by atoms with van der Waals surface area (Å²) in [5.41, 5.74) is 6.21. The highest BCUT2D eigenvalue weighted by atomic mass is 14.9. The summed E-state index contributed by atoms with van der Waals surface area (Å²) in [7, 11) is 0. The fourth-order valence-electron chi connectivity index (χ4n) is 5.33. The molecule has 5 rings (SSSR count). The molecule has 0 spiro atoms. The van der Waals surface area contributed by atoms with E-state index in [0.29, 0.717) is 5.92 Å². The molecule has 0 saturated heterocycles. The van der Waals surface area contributed by atoms with Gasteiger partial charge in [-0.25, -0.2) is 9.97 Å². The molecule has 2 nitrogen and oxygen atoms in total.